The van der Waals surface area contributed by atoms with Gasteiger partial charge in [0.25, 0.3) is 0 Å². The number of nitrogens with two attached hydrogens (primary N) is 1. The maximum absolute atomic E-state index is 12.0. The molecule has 1 atom stereocenters. The van der Waals surface area contributed by atoms with Gasteiger partial charge >= 0.3 is 0 Å². The molecule has 5 nitrogen and oxygen atoms in total. The Morgan fingerprint density at radius 3 is 2.76 bits per heavy atom. The summed E-state index contributed by atoms with van der Waals surface area (Å²) in [5, 5.41) is 0. The van der Waals surface area contributed by atoms with Crippen molar-refractivity contribution in [2.75, 3.05) is 0 Å². The Hall–Kier alpha value is -1.05. The number of nitrogens with one attached hydrogen (secondary N) is 1. The lowest BCUT2D eigenvalue weighted by Crippen LogP contribution is -2.44. The van der Waals surface area contributed by atoms with Crippen LogP contribution in [0.4, 0.5) is 0 Å². The summed E-state index contributed by atoms with van der Waals surface area (Å²) in [6, 6.07) is 2.61. The summed E-state index contributed by atoms with van der Waals surface area (Å²) < 4.78 is 26.6. The first-order chi connectivity index (χ1) is 8.00. The molecule has 1 heterocycles. The van der Waals surface area contributed by atoms with E-state index in [4.69, 9.17) is 18.0 Å². The van der Waals surface area contributed by atoms with E-state index in [-0.39, 0.29) is 15.8 Å². The zero-order valence-electron chi connectivity index (χ0n) is 9.04. The van der Waals surface area contributed by atoms with Crippen LogP contribution >= 0.6 is 12.2 Å². The molecule has 0 aromatic carbocycles. The monoisotopic (exact) mass is 271 g/mol. The number of pyridine rings is 1. The molecule has 1 aliphatic carbocycles. The van der Waals surface area contributed by atoms with Gasteiger partial charge < -0.3 is 5.73 Å². The van der Waals surface area contributed by atoms with E-state index in [1.54, 1.807) is 6.07 Å². The van der Waals surface area contributed by atoms with Gasteiger partial charge in [0.05, 0.1) is 11.0 Å². The quantitative estimate of drug-likeness (QED) is 0.758. The molecule has 0 saturated heterocycles. The number of aromatic nitrogens is 1. The van der Waals surface area contributed by atoms with Crippen LogP contribution in [0.3, 0.4) is 0 Å². The number of rotatable bonds is 5. The molecule has 2 rings (SSSR count). The van der Waals surface area contributed by atoms with Crippen LogP contribution in [-0.2, 0) is 10.0 Å². The third-order valence-electron chi connectivity index (χ3n) is 2.63. The number of thiocarbonyl (C=S) groups is 1. The summed E-state index contributed by atoms with van der Waals surface area (Å²) in [6.45, 7) is 0. The van der Waals surface area contributed by atoms with E-state index in [1.165, 1.54) is 18.5 Å². The summed E-state index contributed by atoms with van der Waals surface area (Å²) in [5.41, 5.74) is 5.55. The molecule has 1 aromatic rings. The highest BCUT2D eigenvalue weighted by molar-refractivity contribution is 7.89. The minimum absolute atomic E-state index is 0.127. The van der Waals surface area contributed by atoms with E-state index in [1.807, 2.05) is 0 Å². The van der Waals surface area contributed by atoms with Gasteiger partial charge in [0.15, 0.2) is 0 Å². The van der Waals surface area contributed by atoms with E-state index in [2.05, 4.69) is 9.71 Å². The van der Waals surface area contributed by atoms with Gasteiger partial charge in [-0.1, -0.05) is 12.2 Å². The van der Waals surface area contributed by atoms with E-state index >= 15 is 0 Å². The molecule has 3 N–H and O–H groups in total. The summed E-state index contributed by atoms with van der Waals surface area (Å²) in [7, 11) is -3.59. The number of hydrogen-bond donors (Lipinski definition) is 2. The van der Waals surface area contributed by atoms with Crippen molar-refractivity contribution in [1.29, 1.82) is 0 Å². The topological polar surface area (TPSA) is 85.1 Å². The maximum Gasteiger partial charge on any atom is 0.242 e. The van der Waals surface area contributed by atoms with Crippen LogP contribution in [0, 0.1) is 5.92 Å². The van der Waals surface area contributed by atoms with Gasteiger partial charge in [0.1, 0.15) is 4.90 Å². The predicted molar refractivity (Wildman–Crippen MR) is 67.9 cm³/mol. The van der Waals surface area contributed by atoms with Crippen molar-refractivity contribution in [2.24, 2.45) is 11.7 Å². The molecule has 0 spiro atoms. The zero-order chi connectivity index (χ0) is 12.5. The average Bonchev–Trinajstić information content (AvgIpc) is 3.11. The van der Waals surface area contributed by atoms with Gasteiger partial charge in [-0.3, -0.25) is 4.98 Å². The molecule has 1 unspecified atom stereocenters. The van der Waals surface area contributed by atoms with Crippen LogP contribution in [0.1, 0.15) is 12.8 Å². The lowest BCUT2D eigenvalue weighted by molar-refractivity contribution is 0.564. The highest BCUT2D eigenvalue weighted by Gasteiger charge is 2.36. The van der Waals surface area contributed by atoms with Crippen molar-refractivity contribution in [3.63, 3.8) is 0 Å². The third kappa shape index (κ3) is 2.99. The fourth-order valence-electron chi connectivity index (χ4n) is 1.56. The summed E-state index contributed by atoms with van der Waals surface area (Å²) in [4.78, 5) is 4.10. The van der Waals surface area contributed by atoms with Gasteiger partial charge in [-0.2, -0.15) is 0 Å². The van der Waals surface area contributed by atoms with Crippen LogP contribution in [0.15, 0.2) is 29.4 Å². The normalized spacial score (nSPS) is 17.6. The summed E-state index contributed by atoms with van der Waals surface area (Å²) in [5.74, 6) is 0.235. The fourth-order valence-corrected chi connectivity index (χ4v) is 3.13. The highest BCUT2D eigenvalue weighted by Crippen LogP contribution is 2.33. The predicted octanol–water partition coefficient (Wildman–Crippen LogP) is 0.425. The molecule has 0 bridgehead atoms. The third-order valence-corrected chi connectivity index (χ3v) is 4.31. The lowest BCUT2D eigenvalue weighted by Gasteiger charge is -2.16. The summed E-state index contributed by atoms with van der Waals surface area (Å²) >= 11 is 4.89. The lowest BCUT2D eigenvalue weighted by atomic mass is 10.2. The van der Waals surface area contributed by atoms with Crippen molar-refractivity contribution >= 4 is 27.2 Å². The number of hydrogen-bond acceptors (Lipinski definition) is 4. The van der Waals surface area contributed by atoms with E-state index in [0.29, 0.717) is 0 Å². The van der Waals surface area contributed by atoms with Gasteiger partial charge in [0.2, 0.25) is 10.0 Å². The zero-order valence-corrected chi connectivity index (χ0v) is 10.7. The maximum atomic E-state index is 12.0. The van der Waals surface area contributed by atoms with Gasteiger partial charge in [-0.15, -0.1) is 0 Å². The van der Waals surface area contributed by atoms with Gasteiger partial charge in [0, 0.05) is 12.4 Å². The second-order valence-corrected chi connectivity index (χ2v) is 6.21. The molecule has 0 radical (unpaired) electrons. The Morgan fingerprint density at radius 1 is 1.59 bits per heavy atom. The Bertz CT molecular complexity index is 512. The number of nitrogens with zero attached hydrogens (tertiary/aromatic N) is 1. The average molecular weight is 271 g/mol. The van der Waals surface area contributed by atoms with Gasteiger partial charge in [-0.05, 0) is 30.9 Å². The first-order valence-electron chi connectivity index (χ1n) is 5.22. The molecular weight excluding hydrogens is 258 g/mol. The van der Waals surface area contributed by atoms with Crippen LogP contribution in [0.2, 0.25) is 0 Å². The minimum Gasteiger partial charge on any atom is -0.392 e. The standard InChI is InChI=1S/C10H13N3O2S2/c11-10(16)9(7-3-4-7)13-17(14,15)8-2-1-5-12-6-8/h1-2,5-7,9,13H,3-4H2,(H2,11,16). The van der Waals surface area contributed by atoms with E-state index in [9.17, 15) is 8.42 Å². The molecule has 17 heavy (non-hydrogen) atoms. The fraction of sp³-hybridized carbons (Fsp3) is 0.400. The van der Waals surface area contributed by atoms with Crippen LogP contribution < -0.4 is 10.5 Å². The molecule has 1 aliphatic rings. The molecule has 1 saturated carbocycles. The van der Waals surface area contributed by atoms with E-state index < -0.39 is 16.1 Å². The van der Waals surface area contributed by atoms with Crippen molar-refractivity contribution < 1.29 is 8.42 Å². The van der Waals surface area contributed by atoms with E-state index in [0.717, 1.165) is 12.8 Å². The smallest absolute Gasteiger partial charge is 0.242 e. The Balaban J connectivity index is 2.19. The molecule has 7 heteroatoms. The minimum atomic E-state index is -3.59. The van der Waals surface area contributed by atoms with Crippen LogP contribution in [-0.4, -0.2) is 24.4 Å². The molecule has 1 aromatic heterocycles. The number of sulfonamides is 1. The Morgan fingerprint density at radius 2 is 2.29 bits per heavy atom. The largest absolute Gasteiger partial charge is 0.392 e. The second kappa shape index (κ2) is 4.67. The molecule has 92 valence electrons. The van der Waals surface area contributed by atoms with Crippen LogP contribution in [0.5, 0.6) is 0 Å². The first kappa shape index (κ1) is 12.4. The van der Waals surface area contributed by atoms with Crippen molar-refractivity contribution in [3.8, 4) is 0 Å². The summed E-state index contributed by atoms with van der Waals surface area (Å²) in [6.07, 6.45) is 4.73. The molecule has 0 amide bonds. The Kier molecular flexibility index (Phi) is 3.41. The molecule has 0 aliphatic heterocycles. The highest BCUT2D eigenvalue weighted by atomic mass is 32.2. The molecule has 1 fully saturated rings. The second-order valence-electron chi connectivity index (χ2n) is 4.03. The molecular formula is C10H13N3O2S2. The van der Waals surface area contributed by atoms with Gasteiger partial charge in [-0.25, -0.2) is 13.1 Å². The van der Waals surface area contributed by atoms with Crippen molar-refractivity contribution in [1.82, 2.24) is 9.71 Å². The van der Waals surface area contributed by atoms with Crippen molar-refractivity contribution in [3.05, 3.63) is 24.5 Å². The first-order valence-corrected chi connectivity index (χ1v) is 7.11. The Labute approximate surface area is 105 Å². The SMILES string of the molecule is NC(=S)C(NS(=O)(=O)c1cccnc1)C1CC1. The van der Waals surface area contributed by atoms with Crippen molar-refractivity contribution in [2.45, 2.75) is 23.8 Å². The van der Waals surface area contributed by atoms with Crippen LogP contribution in [0.25, 0.3) is 0 Å².